The van der Waals surface area contributed by atoms with Crippen LogP contribution in [0.5, 0.6) is 5.75 Å². The second-order valence-electron chi connectivity index (χ2n) is 5.58. The van der Waals surface area contributed by atoms with E-state index in [2.05, 4.69) is 23.1 Å². The first-order chi connectivity index (χ1) is 9.22. The van der Waals surface area contributed by atoms with Gasteiger partial charge in [0.2, 0.25) is 0 Å². The molecule has 2 aliphatic heterocycles. The molecule has 0 bridgehead atoms. The van der Waals surface area contributed by atoms with Crippen LogP contribution >= 0.6 is 0 Å². The van der Waals surface area contributed by atoms with E-state index in [0.29, 0.717) is 0 Å². The minimum atomic E-state index is 0.0875. The molecule has 0 spiro atoms. The lowest BCUT2D eigenvalue weighted by molar-refractivity contribution is -0.0452. The summed E-state index contributed by atoms with van der Waals surface area (Å²) in [6.07, 6.45) is 1.43. The van der Waals surface area contributed by atoms with Crippen LogP contribution in [-0.4, -0.2) is 49.4 Å². The van der Waals surface area contributed by atoms with Crippen LogP contribution in [0.2, 0.25) is 0 Å². The van der Waals surface area contributed by atoms with E-state index < -0.39 is 0 Å². The van der Waals surface area contributed by atoms with Crippen LogP contribution in [0.15, 0.2) is 24.3 Å². The third-order valence-electron chi connectivity index (χ3n) is 3.94. The van der Waals surface area contributed by atoms with Crippen LogP contribution in [0, 0.1) is 0 Å². The zero-order chi connectivity index (χ0) is 13.2. The van der Waals surface area contributed by atoms with Crippen LogP contribution in [-0.2, 0) is 11.2 Å². The van der Waals surface area contributed by atoms with Gasteiger partial charge in [-0.15, -0.1) is 0 Å². The number of hydrogen-bond donors (Lipinski definition) is 1. The Kier molecular flexibility index (Phi) is 3.73. The van der Waals surface area contributed by atoms with E-state index in [9.17, 15) is 0 Å². The average molecular weight is 262 g/mol. The van der Waals surface area contributed by atoms with Crippen LogP contribution < -0.4 is 10.5 Å². The summed E-state index contributed by atoms with van der Waals surface area (Å²) in [5.74, 6) is 1.05. The molecule has 0 aromatic heterocycles. The van der Waals surface area contributed by atoms with Crippen LogP contribution in [0.4, 0.5) is 0 Å². The number of nitrogens with two attached hydrogens (primary N) is 1. The molecule has 1 saturated heterocycles. The Morgan fingerprint density at radius 2 is 2.26 bits per heavy atom. The summed E-state index contributed by atoms with van der Waals surface area (Å²) < 4.78 is 11.7. The number of nitrogens with zero attached hydrogens (tertiary/aromatic N) is 1. The molecule has 4 heteroatoms. The fourth-order valence-electron chi connectivity index (χ4n) is 2.86. The van der Waals surface area contributed by atoms with E-state index in [0.717, 1.165) is 38.4 Å². The minimum Gasteiger partial charge on any atom is -0.488 e. The van der Waals surface area contributed by atoms with E-state index in [1.165, 1.54) is 5.56 Å². The molecule has 3 atom stereocenters. The highest BCUT2D eigenvalue weighted by atomic mass is 16.5. The molecule has 4 nitrogen and oxygen atoms in total. The summed E-state index contributed by atoms with van der Waals surface area (Å²) in [5.41, 5.74) is 7.25. The molecule has 3 rings (SSSR count). The first kappa shape index (κ1) is 12.9. The molecule has 2 N–H and O–H groups in total. The number of hydrogen-bond acceptors (Lipinski definition) is 4. The van der Waals surface area contributed by atoms with Crippen LogP contribution in [0.3, 0.4) is 0 Å². The Morgan fingerprint density at radius 3 is 3.05 bits per heavy atom. The van der Waals surface area contributed by atoms with Crippen molar-refractivity contribution in [3.05, 3.63) is 29.8 Å². The summed E-state index contributed by atoms with van der Waals surface area (Å²) in [6, 6.07) is 8.40. The van der Waals surface area contributed by atoms with Crippen molar-refractivity contribution < 1.29 is 9.47 Å². The zero-order valence-corrected chi connectivity index (χ0v) is 11.4. The van der Waals surface area contributed by atoms with Crippen LogP contribution in [0.25, 0.3) is 0 Å². The van der Waals surface area contributed by atoms with Gasteiger partial charge in [0.15, 0.2) is 0 Å². The van der Waals surface area contributed by atoms with Gasteiger partial charge in [-0.25, -0.2) is 0 Å². The van der Waals surface area contributed by atoms with Crippen molar-refractivity contribution in [1.29, 1.82) is 0 Å². The van der Waals surface area contributed by atoms with Crippen molar-refractivity contribution in [2.24, 2.45) is 5.73 Å². The second-order valence-corrected chi connectivity index (χ2v) is 5.58. The summed E-state index contributed by atoms with van der Waals surface area (Å²) in [5, 5.41) is 0. The second kappa shape index (κ2) is 5.49. The number of rotatable bonds is 3. The monoisotopic (exact) mass is 262 g/mol. The summed E-state index contributed by atoms with van der Waals surface area (Å²) >= 11 is 0. The molecule has 1 fully saturated rings. The number of morpholine rings is 1. The third kappa shape index (κ3) is 2.91. The largest absolute Gasteiger partial charge is 0.488 e. The van der Waals surface area contributed by atoms with Gasteiger partial charge >= 0.3 is 0 Å². The molecule has 0 amide bonds. The number of para-hydroxylation sites is 1. The molecule has 2 aliphatic rings. The van der Waals surface area contributed by atoms with Crippen molar-refractivity contribution >= 4 is 0 Å². The molecule has 0 saturated carbocycles. The highest BCUT2D eigenvalue weighted by Gasteiger charge is 2.28. The maximum absolute atomic E-state index is 5.99. The van der Waals surface area contributed by atoms with Crippen molar-refractivity contribution in [3.63, 3.8) is 0 Å². The molecule has 2 heterocycles. The fourth-order valence-corrected chi connectivity index (χ4v) is 2.86. The Hall–Kier alpha value is -1.10. The number of benzene rings is 1. The average Bonchev–Trinajstić information content (AvgIpc) is 2.81. The fraction of sp³-hybridized carbons (Fsp3) is 0.600. The number of ether oxygens (including phenoxy) is 2. The maximum atomic E-state index is 5.99. The van der Waals surface area contributed by atoms with Crippen molar-refractivity contribution in [1.82, 2.24) is 4.90 Å². The third-order valence-corrected chi connectivity index (χ3v) is 3.94. The van der Waals surface area contributed by atoms with E-state index in [4.69, 9.17) is 15.2 Å². The molecule has 1 aromatic rings. The number of fused-ring (bicyclic) bond motifs is 1. The lowest BCUT2D eigenvalue weighted by Gasteiger charge is -2.35. The molecule has 19 heavy (non-hydrogen) atoms. The Balaban J connectivity index is 1.56. The topological polar surface area (TPSA) is 47.7 Å². The van der Waals surface area contributed by atoms with Gasteiger partial charge in [-0.3, -0.25) is 4.90 Å². The van der Waals surface area contributed by atoms with E-state index in [-0.39, 0.29) is 18.2 Å². The van der Waals surface area contributed by atoms with Gasteiger partial charge in [0.25, 0.3) is 0 Å². The highest BCUT2D eigenvalue weighted by Crippen LogP contribution is 2.28. The van der Waals surface area contributed by atoms with Gasteiger partial charge in [0, 0.05) is 32.1 Å². The van der Waals surface area contributed by atoms with Crippen LogP contribution in [0.1, 0.15) is 12.5 Å². The normalized spacial score (nSPS) is 28.7. The van der Waals surface area contributed by atoms with Gasteiger partial charge in [0.1, 0.15) is 11.9 Å². The molecule has 3 unspecified atom stereocenters. The van der Waals surface area contributed by atoms with Gasteiger partial charge in [-0.2, -0.15) is 0 Å². The zero-order valence-electron chi connectivity index (χ0n) is 11.4. The summed E-state index contributed by atoms with van der Waals surface area (Å²) in [6.45, 7) is 5.62. The first-order valence-electron chi connectivity index (χ1n) is 7.06. The maximum Gasteiger partial charge on any atom is 0.123 e. The van der Waals surface area contributed by atoms with Gasteiger partial charge in [-0.05, 0) is 18.6 Å². The predicted octanol–water partition coefficient (Wildman–Crippen LogP) is 1.04. The summed E-state index contributed by atoms with van der Waals surface area (Å²) in [4.78, 5) is 2.41. The molecule has 0 aliphatic carbocycles. The Bertz CT molecular complexity index is 411. The highest BCUT2D eigenvalue weighted by molar-refractivity contribution is 5.37. The smallest absolute Gasteiger partial charge is 0.123 e. The SMILES string of the molecule is CC(N)C1CN(CC2Cc3ccccc3O2)CCO1. The lowest BCUT2D eigenvalue weighted by Crippen LogP contribution is -2.51. The molecule has 0 radical (unpaired) electrons. The minimum absolute atomic E-state index is 0.0875. The quantitative estimate of drug-likeness (QED) is 0.884. The first-order valence-corrected chi connectivity index (χ1v) is 7.06. The Morgan fingerprint density at radius 1 is 1.42 bits per heavy atom. The summed E-state index contributed by atoms with van der Waals surface area (Å²) in [7, 11) is 0. The molecule has 104 valence electrons. The van der Waals surface area contributed by atoms with E-state index in [1.54, 1.807) is 0 Å². The van der Waals surface area contributed by atoms with Gasteiger partial charge < -0.3 is 15.2 Å². The van der Waals surface area contributed by atoms with Crippen molar-refractivity contribution in [3.8, 4) is 5.75 Å². The lowest BCUT2D eigenvalue weighted by atomic mass is 10.1. The molecular formula is C15H22N2O2. The predicted molar refractivity (Wildman–Crippen MR) is 74.4 cm³/mol. The van der Waals surface area contributed by atoms with Crippen molar-refractivity contribution in [2.45, 2.75) is 31.6 Å². The standard InChI is InChI=1S/C15H22N2O2/c1-11(16)15-10-17(6-7-18-15)9-13-8-12-4-2-3-5-14(12)19-13/h2-5,11,13,15H,6-10,16H2,1H3. The van der Waals surface area contributed by atoms with Crippen molar-refractivity contribution in [2.75, 3.05) is 26.2 Å². The van der Waals surface area contributed by atoms with E-state index >= 15 is 0 Å². The van der Waals surface area contributed by atoms with Gasteiger partial charge in [-0.1, -0.05) is 18.2 Å². The van der Waals surface area contributed by atoms with Gasteiger partial charge in [0.05, 0.1) is 12.7 Å². The Labute approximate surface area is 114 Å². The molecular weight excluding hydrogens is 240 g/mol. The molecule has 1 aromatic carbocycles. The van der Waals surface area contributed by atoms with E-state index in [1.807, 2.05) is 13.0 Å².